The maximum Gasteiger partial charge on any atom is 0.330 e. The lowest BCUT2D eigenvalue weighted by Crippen LogP contribution is -2.58. The number of aliphatic imine (C=N–C) groups is 1. The predicted octanol–water partition coefficient (Wildman–Crippen LogP) is 2.77. The van der Waals surface area contributed by atoms with Crippen LogP contribution in [0, 0.1) is 22.7 Å². The third-order valence-corrected chi connectivity index (χ3v) is 7.19. The monoisotopic (exact) mass is 347 g/mol. The Balaban J connectivity index is 1.75. The van der Waals surface area contributed by atoms with Gasteiger partial charge in [0.25, 0.3) is 0 Å². The lowest BCUT2D eigenvalue weighted by Gasteiger charge is -2.37. The van der Waals surface area contributed by atoms with Gasteiger partial charge in [-0.25, -0.2) is 4.79 Å². The van der Waals surface area contributed by atoms with Gasteiger partial charge in [0.15, 0.2) is 5.92 Å². The Morgan fingerprint density at radius 1 is 1.28 bits per heavy atom. The molecule has 0 spiro atoms. The van der Waals surface area contributed by atoms with Crippen molar-refractivity contribution in [3.63, 3.8) is 0 Å². The van der Waals surface area contributed by atoms with Gasteiger partial charge in [0, 0.05) is 12.8 Å². The summed E-state index contributed by atoms with van der Waals surface area (Å²) >= 11 is 0. The Labute approximate surface area is 149 Å². The maximum absolute atomic E-state index is 12.6. The van der Waals surface area contributed by atoms with Gasteiger partial charge < -0.3 is 0 Å². The number of amides is 4. The second-order valence-electron chi connectivity index (χ2n) is 8.54. The molecule has 4 amide bonds. The zero-order valence-corrected chi connectivity index (χ0v) is 15.7. The molecule has 0 aromatic carbocycles. The molecule has 4 atom stereocenters. The van der Waals surface area contributed by atoms with Crippen molar-refractivity contribution in [1.29, 1.82) is 0 Å². The molecular weight excluding hydrogens is 318 g/mol. The standard InChI is InChI=1S/C19H29N3O3/c1-5-6-9-22-16(24)13(15(23)21-17(22)25)11-20-14-10-12-7-8-19(14,4)18(12,2)3/h11-14H,5-10H2,1-4H3,(H,21,23,25)/t12-,13-,14+,19+/m0/s1. The van der Waals surface area contributed by atoms with Crippen molar-refractivity contribution in [2.45, 2.75) is 65.8 Å². The molecule has 3 aliphatic rings. The minimum Gasteiger partial charge on any atom is -0.292 e. The number of barbiturate groups is 1. The lowest BCUT2D eigenvalue weighted by molar-refractivity contribution is -0.139. The largest absolute Gasteiger partial charge is 0.330 e. The number of rotatable bonds is 5. The number of carbonyl (C=O) groups excluding carboxylic acids is 3. The van der Waals surface area contributed by atoms with Crippen LogP contribution in [0.5, 0.6) is 0 Å². The minimum atomic E-state index is -0.986. The van der Waals surface area contributed by atoms with E-state index in [4.69, 9.17) is 4.99 Å². The Morgan fingerprint density at radius 3 is 2.56 bits per heavy atom. The van der Waals surface area contributed by atoms with Crippen LogP contribution in [0.2, 0.25) is 0 Å². The van der Waals surface area contributed by atoms with Gasteiger partial charge in [-0.1, -0.05) is 34.1 Å². The van der Waals surface area contributed by atoms with Crippen LogP contribution >= 0.6 is 0 Å². The van der Waals surface area contributed by atoms with Crippen LogP contribution in [0.15, 0.2) is 4.99 Å². The number of hydrogen-bond donors (Lipinski definition) is 1. The van der Waals surface area contributed by atoms with Crippen molar-refractivity contribution in [3.8, 4) is 0 Å². The predicted molar refractivity (Wildman–Crippen MR) is 95.2 cm³/mol. The van der Waals surface area contributed by atoms with Crippen LogP contribution in [-0.2, 0) is 9.59 Å². The fraction of sp³-hybridized carbons (Fsp3) is 0.789. The van der Waals surface area contributed by atoms with Crippen molar-refractivity contribution in [2.75, 3.05) is 6.54 Å². The van der Waals surface area contributed by atoms with Crippen molar-refractivity contribution >= 4 is 24.1 Å². The molecule has 2 saturated carbocycles. The van der Waals surface area contributed by atoms with Gasteiger partial charge in [0.2, 0.25) is 11.8 Å². The van der Waals surface area contributed by atoms with E-state index in [1.54, 1.807) is 0 Å². The summed E-state index contributed by atoms with van der Waals surface area (Å²) in [4.78, 5) is 42.4. The van der Waals surface area contributed by atoms with Crippen LogP contribution in [0.25, 0.3) is 0 Å². The molecule has 2 aliphatic carbocycles. The second kappa shape index (κ2) is 6.22. The van der Waals surface area contributed by atoms with Crippen molar-refractivity contribution < 1.29 is 14.4 Å². The smallest absolute Gasteiger partial charge is 0.292 e. The number of hydrogen-bond acceptors (Lipinski definition) is 4. The highest BCUT2D eigenvalue weighted by atomic mass is 16.2. The van der Waals surface area contributed by atoms with Crippen LogP contribution in [-0.4, -0.2) is 41.5 Å². The van der Waals surface area contributed by atoms with E-state index in [-0.39, 0.29) is 16.9 Å². The highest BCUT2D eigenvalue weighted by Gasteiger charge is 2.61. The number of nitrogens with one attached hydrogen (secondary N) is 1. The van der Waals surface area contributed by atoms with E-state index >= 15 is 0 Å². The molecule has 1 heterocycles. The average molecular weight is 347 g/mol. The van der Waals surface area contributed by atoms with Gasteiger partial charge in [-0.3, -0.25) is 24.8 Å². The van der Waals surface area contributed by atoms with Crippen LogP contribution in [0.1, 0.15) is 59.8 Å². The molecule has 1 aliphatic heterocycles. The van der Waals surface area contributed by atoms with Crippen LogP contribution in [0.4, 0.5) is 4.79 Å². The fourth-order valence-electron chi connectivity index (χ4n) is 4.87. The Bertz CT molecular complexity index is 627. The fourth-order valence-corrected chi connectivity index (χ4v) is 4.87. The van der Waals surface area contributed by atoms with Gasteiger partial charge in [-0.2, -0.15) is 0 Å². The number of nitrogens with zero attached hydrogens (tertiary/aromatic N) is 2. The summed E-state index contributed by atoms with van der Waals surface area (Å²) in [5.74, 6) is -1.34. The summed E-state index contributed by atoms with van der Waals surface area (Å²) in [6, 6.07) is -0.468. The van der Waals surface area contributed by atoms with Crippen LogP contribution in [0.3, 0.4) is 0 Å². The van der Waals surface area contributed by atoms with E-state index in [1.807, 2.05) is 6.92 Å². The zero-order chi connectivity index (χ0) is 18.4. The highest BCUT2D eigenvalue weighted by Crippen LogP contribution is 2.66. The van der Waals surface area contributed by atoms with Crippen molar-refractivity contribution in [1.82, 2.24) is 10.2 Å². The number of urea groups is 1. The molecule has 1 saturated heterocycles. The average Bonchev–Trinajstić information content (AvgIpc) is 2.87. The first-order chi connectivity index (χ1) is 11.7. The maximum atomic E-state index is 12.6. The van der Waals surface area contributed by atoms with Gasteiger partial charge in [0.05, 0.1) is 6.04 Å². The van der Waals surface area contributed by atoms with E-state index < -0.39 is 23.8 Å². The summed E-state index contributed by atoms with van der Waals surface area (Å²) in [5.41, 5.74) is 0.344. The Morgan fingerprint density at radius 2 is 2.00 bits per heavy atom. The van der Waals surface area contributed by atoms with Crippen molar-refractivity contribution in [2.24, 2.45) is 27.7 Å². The first kappa shape index (κ1) is 18.1. The summed E-state index contributed by atoms with van der Waals surface area (Å²) < 4.78 is 0. The third kappa shape index (κ3) is 2.70. The SMILES string of the molecule is CCCCN1C(=O)NC(=O)[C@H](C=N[C@@H]2C[C@@H]3CC[C@@]2(C)C3(C)C)C1=O. The molecule has 6 nitrogen and oxygen atoms in total. The third-order valence-electron chi connectivity index (χ3n) is 7.19. The van der Waals surface area contributed by atoms with Crippen LogP contribution < -0.4 is 5.32 Å². The molecule has 3 rings (SSSR count). The molecule has 6 heteroatoms. The highest BCUT2D eigenvalue weighted by molar-refractivity contribution is 6.23. The second-order valence-corrected chi connectivity index (χ2v) is 8.54. The van der Waals surface area contributed by atoms with E-state index in [0.29, 0.717) is 12.5 Å². The summed E-state index contributed by atoms with van der Waals surface area (Å²) in [7, 11) is 0. The zero-order valence-electron chi connectivity index (χ0n) is 15.7. The van der Waals surface area contributed by atoms with E-state index in [9.17, 15) is 14.4 Å². The Hall–Kier alpha value is -1.72. The molecule has 1 N–H and O–H groups in total. The minimum absolute atomic E-state index is 0.111. The molecule has 2 bridgehead atoms. The topological polar surface area (TPSA) is 78.8 Å². The first-order valence-corrected chi connectivity index (χ1v) is 9.42. The number of imide groups is 2. The molecule has 138 valence electrons. The Kier molecular flexibility index (Phi) is 4.50. The van der Waals surface area contributed by atoms with Crippen molar-refractivity contribution in [3.05, 3.63) is 0 Å². The van der Waals surface area contributed by atoms with E-state index in [1.165, 1.54) is 12.6 Å². The van der Waals surface area contributed by atoms with Gasteiger partial charge >= 0.3 is 6.03 Å². The molecule has 0 radical (unpaired) electrons. The van der Waals surface area contributed by atoms with Gasteiger partial charge in [0.1, 0.15) is 0 Å². The van der Waals surface area contributed by atoms with Gasteiger partial charge in [-0.15, -0.1) is 0 Å². The number of unbranched alkanes of at least 4 members (excludes halogenated alkanes) is 1. The molecule has 25 heavy (non-hydrogen) atoms. The lowest BCUT2D eigenvalue weighted by atomic mass is 9.69. The summed E-state index contributed by atoms with van der Waals surface area (Å²) in [6.45, 7) is 9.23. The number of carbonyl (C=O) groups is 3. The quantitative estimate of drug-likeness (QED) is 0.613. The number of fused-ring (bicyclic) bond motifs is 2. The first-order valence-electron chi connectivity index (χ1n) is 9.42. The normalized spacial score (nSPS) is 37.2. The van der Waals surface area contributed by atoms with Gasteiger partial charge in [-0.05, 0) is 42.4 Å². The molecule has 3 fully saturated rings. The van der Waals surface area contributed by atoms with E-state index in [0.717, 1.165) is 30.6 Å². The summed E-state index contributed by atoms with van der Waals surface area (Å²) in [6.07, 6.45) is 6.49. The molecule has 0 aromatic heterocycles. The van der Waals surface area contributed by atoms with E-state index in [2.05, 4.69) is 26.1 Å². The molecule has 0 aromatic rings. The molecule has 0 unspecified atom stereocenters. The molecular formula is C19H29N3O3. The summed E-state index contributed by atoms with van der Waals surface area (Å²) in [5, 5.41) is 2.29.